The molecule has 1 aliphatic rings. The van der Waals surface area contributed by atoms with Gasteiger partial charge in [0.05, 0.1) is 26.2 Å². The van der Waals surface area contributed by atoms with E-state index >= 15 is 0 Å². The average Bonchev–Trinajstić information content (AvgIpc) is 3.17. The minimum absolute atomic E-state index is 1.37. The fraction of sp³-hybridized carbons (Fsp3) is 1.00. The van der Waals surface area contributed by atoms with Gasteiger partial charge in [0.15, 0.2) is 0 Å². The molecule has 1 fully saturated rings. The van der Waals surface area contributed by atoms with Gasteiger partial charge in [-0.2, -0.15) is 0 Å². The van der Waals surface area contributed by atoms with Gasteiger partial charge in [-0.05, 0) is 25.7 Å². The summed E-state index contributed by atoms with van der Waals surface area (Å²) in [6, 6.07) is 0. The highest BCUT2D eigenvalue weighted by Crippen LogP contribution is 2.22. The van der Waals surface area contributed by atoms with Crippen molar-refractivity contribution in [1.29, 1.82) is 0 Å². The number of likely N-dealkylation sites (tertiary alicyclic amines) is 1. The van der Waals surface area contributed by atoms with Gasteiger partial charge in [-0.3, -0.25) is 0 Å². The number of quaternary nitrogens is 1. The van der Waals surface area contributed by atoms with E-state index in [0.29, 0.717) is 0 Å². The summed E-state index contributed by atoms with van der Waals surface area (Å²) in [5.74, 6) is 0. The van der Waals surface area contributed by atoms with Crippen LogP contribution in [0.15, 0.2) is 0 Å². The van der Waals surface area contributed by atoms with E-state index < -0.39 is 0 Å². The summed E-state index contributed by atoms with van der Waals surface area (Å²) in [5.41, 5.74) is 0. The summed E-state index contributed by atoms with van der Waals surface area (Å²) >= 11 is 0. The van der Waals surface area contributed by atoms with Crippen LogP contribution in [0.25, 0.3) is 0 Å². The van der Waals surface area contributed by atoms with Crippen LogP contribution in [0.5, 0.6) is 0 Å². The highest BCUT2D eigenvalue weighted by atomic mass is 15.4. The topological polar surface area (TPSA) is 0 Å². The summed E-state index contributed by atoms with van der Waals surface area (Å²) in [7, 11) is 0. The first kappa shape index (κ1) is 26.0. The van der Waals surface area contributed by atoms with Crippen LogP contribution >= 0.6 is 0 Å². The molecule has 0 radical (unpaired) electrons. The van der Waals surface area contributed by atoms with Gasteiger partial charge in [0, 0.05) is 12.8 Å². The molecular formula is C27H56N+. The molecule has 0 aromatic carbocycles. The molecule has 0 aromatic heterocycles. The lowest BCUT2D eigenvalue weighted by molar-refractivity contribution is -0.917. The van der Waals surface area contributed by atoms with E-state index in [1.54, 1.807) is 0 Å². The predicted molar refractivity (Wildman–Crippen MR) is 128 cm³/mol. The van der Waals surface area contributed by atoms with Gasteiger partial charge in [0.2, 0.25) is 0 Å². The van der Waals surface area contributed by atoms with Gasteiger partial charge in [-0.1, -0.05) is 110 Å². The maximum atomic E-state index is 2.34. The number of rotatable bonds is 21. The fourth-order valence-corrected chi connectivity index (χ4v) is 5.26. The van der Waals surface area contributed by atoms with Crippen LogP contribution in [0.3, 0.4) is 0 Å². The highest BCUT2D eigenvalue weighted by molar-refractivity contribution is 4.57. The monoisotopic (exact) mass is 394 g/mol. The van der Waals surface area contributed by atoms with E-state index in [-0.39, 0.29) is 0 Å². The van der Waals surface area contributed by atoms with E-state index in [4.69, 9.17) is 0 Å². The van der Waals surface area contributed by atoms with E-state index in [2.05, 4.69) is 13.8 Å². The van der Waals surface area contributed by atoms with Crippen molar-refractivity contribution in [2.75, 3.05) is 26.2 Å². The molecule has 0 aliphatic carbocycles. The van der Waals surface area contributed by atoms with E-state index in [9.17, 15) is 0 Å². The Morgan fingerprint density at radius 2 is 0.679 bits per heavy atom. The smallest absolute Gasteiger partial charge is 0.0788 e. The summed E-state index contributed by atoms with van der Waals surface area (Å²) in [5, 5.41) is 0. The van der Waals surface area contributed by atoms with Crippen molar-refractivity contribution in [3.8, 4) is 0 Å². The van der Waals surface area contributed by atoms with Gasteiger partial charge < -0.3 is 4.48 Å². The summed E-state index contributed by atoms with van der Waals surface area (Å²) in [6.45, 7) is 10.6. The second-order valence-corrected chi connectivity index (χ2v) is 9.95. The molecule has 0 aromatic rings. The Hall–Kier alpha value is -0.0400. The van der Waals surface area contributed by atoms with Gasteiger partial charge in [-0.15, -0.1) is 0 Å². The molecule has 0 amide bonds. The van der Waals surface area contributed by atoms with Crippen LogP contribution in [-0.4, -0.2) is 30.7 Å². The van der Waals surface area contributed by atoms with E-state index in [0.717, 1.165) is 0 Å². The number of hydrogen-bond donors (Lipinski definition) is 0. The molecule has 168 valence electrons. The first-order valence-electron chi connectivity index (χ1n) is 13.7. The largest absolute Gasteiger partial charge is 0.324 e. The zero-order valence-corrected chi connectivity index (χ0v) is 20.1. The Morgan fingerprint density at radius 3 is 1.07 bits per heavy atom. The molecular weight excluding hydrogens is 338 g/mol. The summed E-state index contributed by atoms with van der Waals surface area (Å²) in [6.07, 6.45) is 30.9. The standard InChI is InChI=1S/C27H56N/c1-3-5-7-8-9-10-11-12-13-14-15-16-17-18-19-21-25-28(24-20-6-4-2)26-22-23-27-28/h3-27H2,1-2H3/q+1. The van der Waals surface area contributed by atoms with Crippen molar-refractivity contribution in [1.82, 2.24) is 0 Å². The van der Waals surface area contributed by atoms with Crippen LogP contribution in [0.1, 0.15) is 149 Å². The number of hydrogen-bond acceptors (Lipinski definition) is 0. The van der Waals surface area contributed by atoms with E-state index in [1.165, 1.54) is 165 Å². The molecule has 1 heterocycles. The lowest BCUT2D eigenvalue weighted by Gasteiger charge is -2.34. The predicted octanol–water partition coefficient (Wildman–Crippen LogP) is 9.05. The summed E-state index contributed by atoms with van der Waals surface area (Å²) in [4.78, 5) is 0. The van der Waals surface area contributed by atoms with Crippen LogP contribution in [0.2, 0.25) is 0 Å². The normalized spacial score (nSPS) is 16.1. The second kappa shape index (κ2) is 19.0. The first-order chi connectivity index (χ1) is 13.8. The lowest BCUT2D eigenvalue weighted by Crippen LogP contribution is -2.46. The molecule has 0 saturated carbocycles. The molecule has 1 rings (SSSR count). The fourth-order valence-electron chi connectivity index (χ4n) is 5.26. The molecule has 28 heavy (non-hydrogen) atoms. The van der Waals surface area contributed by atoms with Crippen molar-refractivity contribution in [2.45, 2.75) is 149 Å². The van der Waals surface area contributed by atoms with Gasteiger partial charge in [-0.25, -0.2) is 0 Å². The quantitative estimate of drug-likeness (QED) is 0.134. The van der Waals surface area contributed by atoms with Gasteiger partial charge >= 0.3 is 0 Å². The first-order valence-corrected chi connectivity index (χ1v) is 13.7. The third kappa shape index (κ3) is 14.0. The lowest BCUT2D eigenvalue weighted by atomic mass is 10.0. The van der Waals surface area contributed by atoms with Crippen molar-refractivity contribution < 1.29 is 4.48 Å². The van der Waals surface area contributed by atoms with Crippen LogP contribution in [0.4, 0.5) is 0 Å². The van der Waals surface area contributed by atoms with Crippen molar-refractivity contribution in [2.24, 2.45) is 0 Å². The average molecular weight is 395 g/mol. The Kier molecular flexibility index (Phi) is 17.6. The van der Waals surface area contributed by atoms with E-state index in [1.807, 2.05) is 0 Å². The molecule has 0 N–H and O–H groups in total. The molecule has 0 atom stereocenters. The van der Waals surface area contributed by atoms with Crippen molar-refractivity contribution >= 4 is 0 Å². The molecule has 1 aliphatic heterocycles. The van der Waals surface area contributed by atoms with Crippen molar-refractivity contribution in [3.05, 3.63) is 0 Å². The second-order valence-electron chi connectivity index (χ2n) is 9.95. The molecule has 1 saturated heterocycles. The van der Waals surface area contributed by atoms with Crippen LogP contribution in [0, 0.1) is 0 Å². The number of nitrogens with zero attached hydrogens (tertiary/aromatic N) is 1. The minimum atomic E-state index is 1.37. The minimum Gasteiger partial charge on any atom is -0.324 e. The summed E-state index contributed by atoms with van der Waals surface area (Å²) < 4.78 is 1.48. The van der Waals surface area contributed by atoms with Gasteiger partial charge in [0.1, 0.15) is 0 Å². The Labute approximate surface area is 179 Å². The highest BCUT2D eigenvalue weighted by Gasteiger charge is 2.30. The number of unbranched alkanes of at least 4 members (excludes halogenated alkanes) is 17. The Bertz CT molecular complexity index is 305. The molecule has 1 heteroatoms. The molecule has 0 spiro atoms. The Morgan fingerprint density at radius 1 is 0.393 bits per heavy atom. The maximum absolute atomic E-state index is 2.34. The van der Waals surface area contributed by atoms with Crippen LogP contribution < -0.4 is 0 Å². The SMILES string of the molecule is CCCCCCCCCCCCCCCCCC[N+]1(CCCCC)CCCC1. The Balaban J connectivity index is 1.82. The zero-order chi connectivity index (χ0) is 20.2. The zero-order valence-electron chi connectivity index (χ0n) is 20.1. The third-order valence-electron chi connectivity index (χ3n) is 7.24. The van der Waals surface area contributed by atoms with Crippen LogP contribution in [-0.2, 0) is 0 Å². The van der Waals surface area contributed by atoms with Crippen molar-refractivity contribution in [3.63, 3.8) is 0 Å². The molecule has 0 bridgehead atoms. The molecule has 0 unspecified atom stereocenters. The third-order valence-corrected chi connectivity index (χ3v) is 7.24. The maximum Gasteiger partial charge on any atom is 0.0788 e. The molecule has 1 nitrogen and oxygen atoms in total. The van der Waals surface area contributed by atoms with Gasteiger partial charge in [0.25, 0.3) is 0 Å².